The second-order valence-corrected chi connectivity index (χ2v) is 3.77. The molecule has 0 heterocycles. The Morgan fingerprint density at radius 1 is 1.17 bits per heavy atom. The molecule has 0 aromatic heterocycles. The van der Waals surface area contributed by atoms with Crippen LogP contribution in [0.1, 0.15) is 0 Å². The molecule has 6 heteroatoms. The van der Waals surface area contributed by atoms with Crippen LogP contribution >= 0.6 is 16.3 Å². The van der Waals surface area contributed by atoms with Gasteiger partial charge >= 0.3 is 10.4 Å². The summed E-state index contributed by atoms with van der Waals surface area (Å²) < 4.78 is 29.7. The summed E-state index contributed by atoms with van der Waals surface area (Å²) in [7, 11) is -3.96. The number of benzene rings is 1. The van der Waals surface area contributed by atoms with Crippen LogP contribution in [0.15, 0.2) is 30.3 Å². The minimum Gasteiger partial charge on any atom is -0.361 e. The first-order chi connectivity index (χ1) is 5.64. The van der Waals surface area contributed by atoms with Crippen LogP contribution in [0.2, 0.25) is 0 Å². The van der Waals surface area contributed by atoms with Gasteiger partial charge in [0.1, 0.15) is 22.0 Å². The first-order valence-corrected chi connectivity index (χ1v) is 4.92. The van der Waals surface area contributed by atoms with Crippen molar-refractivity contribution in [2.24, 2.45) is 0 Å². The number of para-hydroxylation sites is 1. The fourth-order valence-electron chi connectivity index (χ4n) is 0.607. The SMILES string of the molecule is O=S(=O)(OBr)Oc1ccccc1. The molecule has 0 spiro atoms. The number of rotatable bonds is 3. The molecule has 0 radical (unpaired) electrons. The monoisotopic (exact) mass is 252 g/mol. The van der Waals surface area contributed by atoms with Gasteiger partial charge in [-0.15, -0.1) is 0 Å². The molecule has 0 saturated carbocycles. The van der Waals surface area contributed by atoms with Crippen molar-refractivity contribution >= 4 is 26.7 Å². The summed E-state index contributed by atoms with van der Waals surface area (Å²) in [5.74, 6) is 0.206. The zero-order valence-electron chi connectivity index (χ0n) is 5.81. The summed E-state index contributed by atoms with van der Waals surface area (Å²) in [6, 6.07) is 8.06. The highest BCUT2D eigenvalue weighted by Crippen LogP contribution is 2.13. The van der Waals surface area contributed by atoms with E-state index in [4.69, 9.17) is 0 Å². The summed E-state index contributed by atoms with van der Waals surface area (Å²) in [5, 5.41) is 0. The van der Waals surface area contributed by atoms with Gasteiger partial charge in [0.15, 0.2) is 0 Å². The van der Waals surface area contributed by atoms with Crippen LogP contribution in [0, 0.1) is 0 Å². The van der Waals surface area contributed by atoms with Gasteiger partial charge in [-0.2, -0.15) is 11.7 Å². The Kier molecular flexibility index (Phi) is 3.07. The van der Waals surface area contributed by atoms with Crippen molar-refractivity contribution in [1.82, 2.24) is 0 Å². The van der Waals surface area contributed by atoms with E-state index in [1.807, 2.05) is 0 Å². The average Bonchev–Trinajstić information content (AvgIpc) is 2.06. The lowest BCUT2D eigenvalue weighted by molar-refractivity contribution is 0.419. The van der Waals surface area contributed by atoms with E-state index in [1.54, 1.807) is 18.2 Å². The lowest BCUT2D eigenvalue weighted by atomic mass is 10.3. The molecule has 0 fully saturated rings. The predicted molar refractivity (Wildman–Crippen MR) is 46.0 cm³/mol. The van der Waals surface area contributed by atoms with E-state index in [-0.39, 0.29) is 5.75 Å². The molecule has 1 rings (SSSR count). The van der Waals surface area contributed by atoms with Crippen LogP contribution in [0.4, 0.5) is 0 Å². The molecular formula is C6H5BrO4S. The molecule has 0 aliphatic carbocycles. The molecule has 4 nitrogen and oxygen atoms in total. The lowest BCUT2D eigenvalue weighted by Crippen LogP contribution is -2.07. The van der Waals surface area contributed by atoms with Crippen LogP contribution in [-0.2, 0) is 13.7 Å². The van der Waals surface area contributed by atoms with E-state index in [0.29, 0.717) is 0 Å². The minimum absolute atomic E-state index is 0.206. The smallest absolute Gasteiger partial charge is 0.361 e. The Morgan fingerprint density at radius 2 is 1.75 bits per heavy atom. The molecule has 0 N–H and O–H groups in total. The van der Waals surface area contributed by atoms with E-state index >= 15 is 0 Å². The standard InChI is InChI=1S/C6H5BrO4S/c7-11-12(8,9)10-6-4-2-1-3-5-6/h1-5H. The van der Waals surface area contributed by atoms with Crippen LogP contribution < -0.4 is 4.18 Å². The first-order valence-electron chi connectivity index (χ1n) is 2.94. The molecule has 0 aliphatic rings. The summed E-state index contributed by atoms with van der Waals surface area (Å²) >= 11 is 2.32. The van der Waals surface area contributed by atoms with Crippen molar-refractivity contribution in [2.75, 3.05) is 0 Å². The third-order valence-electron chi connectivity index (χ3n) is 1.02. The summed E-state index contributed by atoms with van der Waals surface area (Å²) in [5.41, 5.74) is 0. The van der Waals surface area contributed by atoms with Crippen LogP contribution in [0.5, 0.6) is 5.75 Å². The van der Waals surface area contributed by atoms with Gasteiger partial charge in [0, 0.05) is 0 Å². The zero-order chi connectivity index (χ0) is 9.03. The Balaban J connectivity index is 2.78. The molecule has 1 aromatic rings. The maximum Gasteiger partial charge on any atom is 0.460 e. The Hall–Kier alpha value is -0.590. The number of hydrogen-bond acceptors (Lipinski definition) is 4. The molecule has 0 bridgehead atoms. The molecule has 0 unspecified atom stereocenters. The van der Waals surface area contributed by atoms with Crippen molar-refractivity contribution in [3.63, 3.8) is 0 Å². The number of hydrogen-bond donors (Lipinski definition) is 0. The highest BCUT2D eigenvalue weighted by atomic mass is 79.9. The average molecular weight is 253 g/mol. The molecule has 0 saturated heterocycles. The maximum absolute atomic E-state index is 10.7. The van der Waals surface area contributed by atoms with E-state index in [2.05, 4.69) is 23.7 Å². The van der Waals surface area contributed by atoms with Gasteiger partial charge in [0.25, 0.3) is 0 Å². The molecule has 0 amide bonds. The van der Waals surface area contributed by atoms with Crippen molar-refractivity contribution in [2.45, 2.75) is 0 Å². The minimum atomic E-state index is -3.96. The first kappa shape index (κ1) is 9.50. The van der Waals surface area contributed by atoms with Gasteiger partial charge in [-0.3, -0.25) is 0 Å². The zero-order valence-corrected chi connectivity index (χ0v) is 8.21. The van der Waals surface area contributed by atoms with Crippen molar-refractivity contribution < 1.29 is 15.9 Å². The highest BCUT2D eigenvalue weighted by Gasteiger charge is 2.10. The second-order valence-electron chi connectivity index (χ2n) is 1.87. The van der Waals surface area contributed by atoms with Crippen molar-refractivity contribution in [3.8, 4) is 5.75 Å². The van der Waals surface area contributed by atoms with E-state index in [0.717, 1.165) is 0 Å². The largest absolute Gasteiger partial charge is 0.460 e. The van der Waals surface area contributed by atoms with Crippen LogP contribution in [0.25, 0.3) is 0 Å². The van der Waals surface area contributed by atoms with Gasteiger partial charge < -0.3 is 4.18 Å². The summed E-state index contributed by atoms with van der Waals surface area (Å²) in [6.45, 7) is 0. The van der Waals surface area contributed by atoms with Crippen LogP contribution in [0.3, 0.4) is 0 Å². The van der Waals surface area contributed by atoms with Gasteiger partial charge in [-0.05, 0) is 12.1 Å². The van der Waals surface area contributed by atoms with Crippen molar-refractivity contribution in [1.29, 1.82) is 0 Å². The topological polar surface area (TPSA) is 52.6 Å². The maximum atomic E-state index is 10.7. The van der Waals surface area contributed by atoms with E-state index in [1.165, 1.54) is 12.1 Å². The van der Waals surface area contributed by atoms with Crippen molar-refractivity contribution in [3.05, 3.63) is 30.3 Å². The molecule has 66 valence electrons. The van der Waals surface area contributed by atoms with Gasteiger partial charge in [-0.25, -0.2) is 0 Å². The van der Waals surface area contributed by atoms with E-state index < -0.39 is 10.4 Å². The third-order valence-corrected chi connectivity index (χ3v) is 2.54. The van der Waals surface area contributed by atoms with Gasteiger partial charge in [-0.1, -0.05) is 18.2 Å². The molecule has 1 aromatic carbocycles. The van der Waals surface area contributed by atoms with Gasteiger partial charge in [0.05, 0.1) is 0 Å². The Labute approximate surface area is 78.9 Å². The fraction of sp³-hybridized carbons (Fsp3) is 0. The molecule has 12 heavy (non-hydrogen) atoms. The molecular weight excluding hydrogens is 248 g/mol. The fourth-order valence-corrected chi connectivity index (χ4v) is 1.14. The molecule has 0 aliphatic heterocycles. The normalized spacial score (nSPS) is 11.1. The predicted octanol–water partition coefficient (Wildman–Crippen LogP) is 1.64. The second kappa shape index (κ2) is 3.88. The van der Waals surface area contributed by atoms with Gasteiger partial charge in [0.2, 0.25) is 0 Å². The van der Waals surface area contributed by atoms with E-state index in [9.17, 15) is 8.42 Å². The summed E-state index contributed by atoms with van der Waals surface area (Å²) in [4.78, 5) is 0. The lowest BCUT2D eigenvalue weighted by Gasteiger charge is -2.00. The molecule has 0 atom stereocenters. The summed E-state index contributed by atoms with van der Waals surface area (Å²) in [6.07, 6.45) is 0. The quantitative estimate of drug-likeness (QED) is 0.821. The van der Waals surface area contributed by atoms with Crippen LogP contribution in [-0.4, -0.2) is 8.42 Å². The third kappa shape index (κ3) is 2.80. The Morgan fingerprint density at radius 3 is 2.25 bits per heavy atom. The number of halogens is 1. The Bertz CT molecular complexity index is 334. The highest BCUT2D eigenvalue weighted by molar-refractivity contribution is 9.06.